The highest BCUT2D eigenvalue weighted by Gasteiger charge is 2.21. The van der Waals surface area contributed by atoms with Gasteiger partial charge in [-0.1, -0.05) is 54.6 Å². The van der Waals surface area contributed by atoms with Gasteiger partial charge in [-0.25, -0.2) is 5.32 Å². The zero-order valence-corrected chi connectivity index (χ0v) is 9.54. The maximum absolute atomic E-state index is 5.63. The summed E-state index contributed by atoms with van der Waals surface area (Å²) in [6, 6.07) is 18.7. The first-order valence-corrected chi connectivity index (χ1v) is 5.88. The third-order valence-electron chi connectivity index (χ3n) is 2.97. The predicted molar refractivity (Wildman–Crippen MR) is 67.6 cm³/mol. The molecule has 85 valence electrons. The molecule has 0 amide bonds. The number of benzene rings is 2. The summed E-state index contributed by atoms with van der Waals surface area (Å²) >= 11 is 0. The van der Waals surface area contributed by atoms with Gasteiger partial charge in [0.15, 0.2) is 0 Å². The lowest BCUT2D eigenvalue weighted by Crippen LogP contribution is -2.07. The van der Waals surface area contributed by atoms with E-state index in [1.165, 1.54) is 11.1 Å². The van der Waals surface area contributed by atoms with E-state index in [4.69, 9.17) is 4.74 Å². The van der Waals surface area contributed by atoms with E-state index in [2.05, 4.69) is 47.8 Å². The van der Waals surface area contributed by atoms with Crippen molar-refractivity contribution in [3.63, 3.8) is 0 Å². The molecule has 0 bridgehead atoms. The molecule has 1 atom stereocenters. The summed E-state index contributed by atoms with van der Waals surface area (Å²) in [5.74, 6) is 0. The second kappa shape index (κ2) is 4.70. The van der Waals surface area contributed by atoms with E-state index in [1.807, 2.05) is 12.1 Å². The molecule has 0 spiro atoms. The van der Waals surface area contributed by atoms with Gasteiger partial charge in [-0.2, -0.15) is 0 Å². The van der Waals surface area contributed by atoms with Crippen LogP contribution in [0, 0.1) is 0 Å². The maximum atomic E-state index is 5.63. The number of rotatable bonds is 2. The average molecular weight is 224 g/mol. The molecule has 2 aromatic rings. The summed E-state index contributed by atoms with van der Waals surface area (Å²) in [5.41, 5.74) is 3.59. The van der Waals surface area contributed by atoms with Gasteiger partial charge < -0.3 is 4.74 Å². The van der Waals surface area contributed by atoms with Crippen LogP contribution in [-0.4, -0.2) is 13.2 Å². The Kier molecular flexibility index (Phi) is 2.90. The summed E-state index contributed by atoms with van der Waals surface area (Å²) in [4.78, 5) is 0. The van der Waals surface area contributed by atoms with Crippen molar-refractivity contribution in [3.8, 4) is 11.1 Å². The predicted octanol–water partition coefficient (Wildman–Crippen LogP) is 2.99. The second-order valence-electron chi connectivity index (χ2n) is 4.08. The second-order valence-corrected chi connectivity index (χ2v) is 4.08. The molecule has 0 aromatic heterocycles. The van der Waals surface area contributed by atoms with Crippen molar-refractivity contribution in [2.45, 2.75) is 6.23 Å². The van der Waals surface area contributed by atoms with Crippen LogP contribution in [0.15, 0.2) is 54.6 Å². The van der Waals surface area contributed by atoms with Crippen LogP contribution < -0.4 is 5.32 Å². The third kappa shape index (κ3) is 2.09. The standard InChI is InChI=1S/C15H14NO/c1-2-6-12(7-3-1)13-8-4-5-9-14(13)15-16-10-11-17-15/h1-9,15H,10-11H2. The fourth-order valence-corrected chi connectivity index (χ4v) is 2.17. The van der Waals surface area contributed by atoms with Gasteiger partial charge in [-0.15, -0.1) is 0 Å². The summed E-state index contributed by atoms with van der Waals surface area (Å²) in [7, 11) is 0. The molecule has 1 aliphatic heterocycles. The smallest absolute Gasteiger partial charge is 0.150 e. The van der Waals surface area contributed by atoms with Gasteiger partial charge >= 0.3 is 0 Å². The van der Waals surface area contributed by atoms with Gasteiger partial charge in [-0.3, -0.25) is 0 Å². The Bertz CT molecular complexity index is 489. The van der Waals surface area contributed by atoms with E-state index >= 15 is 0 Å². The normalized spacial score (nSPS) is 19.4. The maximum Gasteiger partial charge on any atom is 0.150 e. The highest BCUT2D eigenvalue weighted by atomic mass is 16.5. The van der Waals surface area contributed by atoms with E-state index in [1.54, 1.807) is 0 Å². The van der Waals surface area contributed by atoms with Gasteiger partial charge in [0.2, 0.25) is 0 Å². The van der Waals surface area contributed by atoms with Crippen molar-refractivity contribution < 1.29 is 4.74 Å². The molecule has 3 rings (SSSR count). The molecule has 0 N–H and O–H groups in total. The molecule has 0 saturated carbocycles. The summed E-state index contributed by atoms with van der Waals surface area (Å²) in [5, 5.41) is 4.47. The molecular formula is C15H14NO. The molecule has 1 heterocycles. The highest BCUT2D eigenvalue weighted by molar-refractivity contribution is 5.67. The minimum Gasteiger partial charge on any atom is -0.356 e. The molecule has 1 unspecified atom stereocenters. The summed E-state index contributed by atoms with van der Waals surface area (Å²) in [6.45, 7) is 1.53. The van der Waals surface area contributed by atoms with E-state index in [0.29, 0.717) is 0 Å². The third-order valence-corrected chi connectivity index (χ3v) is 2.97. The Hall–Kier alpha value is -1.64. The van der Waals surface area contributed by atoms with Gasteiger partial charge in [0.25, 0.3) is 0 Å². The minimum atomic E-state index is -0.0913. The Morgan fingerprint density at radius 1 is 0.941 bits per heavy atom. The monoisotopic (exact) mass is 224 g/mol. The quantitative estimate of drug-likeness (QED) is 0.769. The number of hydrogen-bond donors (Lipinski definition) is 0. The van der Waals surface area contributed by atoms with Crippen molar-refractivity contribution in [2.24, 2.45) is 0 Å². The average Bonchev–Trinajstić information content (AvgIpc) is 2.94. The van der Waals surface area contributed by atoms with E-state index < -0.39 is 0 Å². The van der Waals surface area contributed by atoms with Crippen LogP contribution >= 0.6 is 0 Å². The lowest BCUT2D eigenvalue weighted by Gasteiger charge is -2.14. The first kappa shape index (κ1) is 10.5. The number of nitrogens with zero attached hydrogens (tertiary/aromatic N) is 1. The highest BCUT2D eigenvalue weighted by Crippen LogP contribution is 2.30. The number of hydrogen-bond acceptors (Lipinski definition) is 1. The molecule has 1 radical (unpaired) electrons. The minimum absolute atomic E-state index is 0.0913. The van der Waals surface area contributed by atoms with Crippen LogP contribution in [0.2, 0.25) is 0 Å². The molecule has 1 fully saturated rings. The first-order valence-electron chi connectivity index (χ1n) is 5.88. The van der Waals surface area contributed by atoms with Crippen molar-refractivity contribution in [3.05, 3.63) is 60.2 Å². The van der Waals surface area contributed by atoms with E-state index in [0.717, 1.165) is 18.7 Å². The Labute approximate surface area is 101 Å². The molecular weight excluding hydrogens is 210 g/mol. The van der Waals surface area contributed by atoms with Crippen molar-refractivity contribution in [1.29, 1.82) is 0 Å². The lowest BCUT2D eigenvalue weighted by atomic mass is 9.99. The largest absolute Gasteiger partial charge is 0.356 e. The zero-order chi connectivity index (χ0) is 11.5. The Balaban J connectivity index is 2.04. The molecule has 2 heteroatoms. The molecule has 17 heavy (non-hydrogen) atoms. The Morgan fingerprint density at radius 2 is 1.71 bits per heavy atom. The molecule has 2 nitrogen and oxygen atoms in total. The summed E-state index contributed by atoms with van der Waals surface area (Å²) < 4.78 is 5.63. The number of ether oxygens (including phenoxy) is 1. The van der Waals surface area contributed by atoms with Gasteiger partial charge in [0, 0.05) is 12.1 Å². The van der Waals surface area contributed by atoms with Gasteiger partial charge in [0.05, 0.1) is 6.61 Å². The van der Waals surface area contributed by atoms with Crippen LogP contribution in [0.5, 0.6) is 0 Å². The molecule has 0 aliphatic carbocycles. The van der Waals surface area contributed by atoms with Crippen molar-refractivity contribution in [2.75, 3.05) is 13.2 Å². The molecule has 1 saturated heterocycles. The van der Waals surface area contributed by atoms with Crippen LogP contribution in [0.4, 0.5) is 0 Å². The lowest BCUT2D eigenvalue weighted by molar-refractivity contribution is 0.101. The first-order chi connectivity index (χ1) is 8.45. The fourth-order valence-electron chi connectivity index (χ4n) is 2.17. The van der Waals surface area contributed by atoms with Crippen LogP contribution in [0.3, 0.4) is 0 Å². The van der Waals surface area contributed by atoms with E-state index in [-0.39, 0.29) is 6.23 Å². The van der Waals surface area contributed by atoms with Crippen LogP contribution in [-0.2, 0) is 4.74 Å². The SMILES string of the molecule is c1ccc(-c2ccccc2C2[N]CCO2)cc1. The Morgan fingerprint density at radius 3 is 2.47 bits per heavy atom. The van der Waals surface area contributed by atoms with Gasteiger partial charge in [0.1, 0.15) is 6.23 Å². The van der Waals surface area contributed by atoms with Crippen LogP contribution in [0.1, 0.15) is 11.8 Å². The molecule has 2 aromatic carbocycles. The van der Waals surface area contributed by atoms with E-state index in [9.17, 15) is 0 Å². The summed E-state index contributed by atoms with van der Waals surface area (Å²) in [6.07, 6.45) is -0.0913. The van der Waals surface area contributed by atoms with Crippen molar-refractivity contribution in [1.82, 2.24) is 5.32 Å². The van der Waals surface area contributed by atoms with Gasteiger partial charge in [-0.05, 0) is 11.1 Å². The topological polar surface area (TPSA) is 23.3 Å². The zero-order valence-electron chi connectivity index (χ0n) is 9.54. The van der Waals surface area contributed by atoms with Crippen LogP contribution in [0.25, 0.3) is 11.1 Å². The fraction of sp³-hybridized carbons (Fsp3) is 0.200. The molecule has 1 aliphatic rings. The van der Waals surface area contributed by atoms with Crippen molar-refractivity contribution >= 4 is 0 Å².